The minimum Gasteiger partial charge on any atom is -0.496 e. The number of thiazole rings is 1. The number of aliphatic carboxylic acids is 1. The summed E-state index contributed by atoms with van der Waals surface area (Å²) in [6, 6.07) is 8.80. The third kappa shape index (κ3) is 7.82. The quantitative estimate of drug-likeness (QED) is 0.153. The lowest BCUT2D eigenvalue weighted by Gasteiger charge is -2.21. The minimum absolute atomic E-state index is 0.0688. The maximum atomic E-state index is 13.0. The van der Waals surface area contributed by atoms with Crippen LogP contribution in [0.25, 0.3) is 17.3 Å². The summed E-state index contributed by atoms with van der Waals surface area (Å²) in [7, 11) is 1.64. The number of hydrogen-bond donors (Lipinski definition) is 2. The van der Waals surface area contributed by atoms with Crippen LogP contribution in [-0.4, -0.2) is 35.7 Å². The van der Waals surface area contributed by atoms with Crippen LogP contribution in [0.5, 0.6) is 5.75 Å². The van der Waals surface area contributed by atoms with Crippen LogP contribution in [0.15, 0.2) is 41.3 Å². The van der Waals surface area contributed by atoms with Gasteiger partial charge in [0.25, 0.3) is 5.91 Å². The fourth-order valence-corrected chi connectivity index (χ4v) is 5.26. The van der Waals surface area contributed by atoms with Crippen LogP contribution < -0.4 is 10.1 Å². The molecule has 0 spiro atoms. The first-order valence-electron chi connectivity index (χ1n) is 12.7. The Balaban J connectivity index is 1.85. The van der Waals surface area contributed by atoms with Crippen molar-refractivity contribution in [2.24, 2.45) is 0 Å². The lowest BCUT2D eigenvalue weighted by Crippen LogP contribution is -2.12. The van der Waals surface area contributed by atoms with Crippen molar-refractivity contribution in [1.29, 1.82) is 0 Å². The van der Waals surface area contributed by atoms with Crippen molar-refractivity contribution < 1.29 is 24.2 Å². The number of nitrogens with zero attached hydrogens (tertiary/aromatic N) is 1. The van der Waals surface area contributed by atoms with E-state index < -0.39 is 11.9 Å². The summed E-state index contributed by atoms with van der Waals surface area (Å²) in [6.45, 7) is 6.39. The van der Waals surface area contributed by atoms with Gasteiger partial charge in [0.15, 0.2) is 5.13 Å². The van der Waals surface area contributed by atoms with Crippen LogP contribution in [0.2, 0.25) is 10.0 Å². The summed E-state index contributed by atoms with van der Waals surface area (Å²) in [6.07, 6.45) is 5.19. The molecule has 3 rings (SSSR count). The molecule has 3 aromatic rings. The van der Waals surface area contributed by atoms with Gasteiger partial charge in [0.2, 0.25) is 0 Å². The summed E-state index contributed by atoms with van der Waals surface area (Å²) in [5.41, 5.74) is 3.07. The van der Waals surface area contributed by atoms with E-state index in [1.807, 2.05) is 23.6 Å². The zero-order valence-corrected chi connectivity index (χ0v) is 24.7. The predicted octanol–water partition coefficient (Wildman–Crippen LogP) is 8.52. The van der Waals surface area contributed by atoms with Crippen LogP contribution in [0.1, 0.15) is 74.0 Å². The second kappa shape index (κ2) is 14.5. The molecular formula is C29H32Cl2N2O5S. The van der Waals surface area contributed by atoms with Crippen molar-refractivity contribution in [3.8, 4) is 17.0 Å². The van der Waals surface area contributed by atoms with Gasteiger partial charge in [-0.15, -0.1) is 11.3 Å². The van der Waals surface area contributed by atoms with Gasteiger partial charge in [0, 0.05) is 39.8 Å². The number of ether oxygens (including phenoxy) is 2. The largest absolute Gasteiger partial charge is 0.496 e. The average Bonchev–Trinajstić information content (AvgIpc) is 3.37. The summed E-state index contributed by atoms with van der Waals surface area (Å²) >= 11 is 13.9. The van der Waals surface area contributed by atoms with E-state index in [1.54, 1.807) is 7.11 Å². The van der Waals surface area contributed by atoms with Crippen LogP contribution in [-0.2, 0) is 9.53 Å². The summed E-state index contributed by atoms with van der Waals surface area (Å²) < 4.78 is 12.0. The molecule has 0 saturated carbocycles. The summed E-state index contributed by atoms with van der Waals surface area (Å²) in [4.78, 5) is 28.7. The average molecular weight is 592 g/mol. The van der Waals surface area contributed by atoms with Gasteiger partial charge in [-0.2, -0.15) is 0 Å². The monoisotopic (exact) mass is 590 g/mol. The Morgan fingerprint density at radius 2 is 1.90 bits per heavy atom. The second-order valence-electron chi connectivity index (χ2n) is 8.91. The molecule has 7 nitrogen and oxygen atoms in total. The topological polar surface area (TPSA) is 97.8 Å². The molecule has 0 aliphatic heterocycles. The van der Waals surface area contributed by atoms with Crippen LogP contribution in [0, 0.1) is 0 Å². The SMILES string of the molecule is CCCCOC(CCC)c1cccc(-c2csc(NC(=O)c3cc(Cl)c(C=C(C)C(=O)O)c(Cl)c3)n2)c1OC. The van der Waals surface area contributed by atoms with E-state index in [0.29, 0.717) is 28.7 Å². The number of halogens is 2. The van der Waals surface area contributed by atoms with E-state index in [1.165, 1.54) is 36.5 Å². The highest BCUT2D eigenvalue weighted by Crippen LogP contribution is 2.40. The van der Waals surface area contributed by atoms with Gasteiger partial charge in [-0.3, -0.25) is 10.1 Å². The van der Waals surface area contributed by atoms with E-state index in [-0.39, 0.29) is 27.3 Å². The molecule has 0 bridgehead atoms. The first-order valence-corrected chi connectivity index (χ1v) is 14.3. The van der Waals surface area contributed by atoms with Crippen LogP contribution in [0.4, 0.5) is 5.13 Å². The van der Waals surface area contributed by atoms with Crippen molar-refractivity contribution in [3.63, 3.8) is 0 Å². The Bertz CT molecular complexity index is 1330. The highest BCUT2D eigenvalue weighted by atomic mass is 35.5. The van der Waals surface area contributed by atoms with Gasteiger partial charge in [-0.25, -0.2) is 9.78 Å². The zero-order chi connectivity index (χ0) is 28.5. The van der Waals surface area contributed by atoms with Crippen molar-refractivity contribution in [3.05, 3.63) is 68.0 Å². The number of carbonyl (C=O) groups excluding carboxylic acids is 1. The first-order chi connectivity index (χ1) is 18.7. The zero-order valence-electron chi connectivity index (χ0n) is 22.3. The number of amides is 1. The maximum Gasteiger partial charge on any atom is 0.331 e. The predicted molar refractivity (Wildman–Crippen MR) is 158 cm³/mol. The van der Waals surface area contributed by atoms with Crippen molar-refractivity contribution in [2.45, 2.75) is 52.6 Å². The standard InChI is InChI=1S/C29H32Cl2N2O5S/c1-5-7-12-38-25(9-6-2)20-11-8-10-19(26(20)37-4)24-16-39-29(32-24)33-27(34)18-14-22(30)21(23(31)15-18)13-17(3)28(35)36/h8,10-11,13-16,25H,5-7,9,12H2,1-4H3,(H,35,36)(H,32,33,34). The highest BCUT2D eigenvalue weighted by molar-refractivity contribution is 7.14. The van der Waals surface area contributed by atoms with Gasteiger partial charge in [0.1, 0.15) is 5.75 Å². The molecule has 1 amide bonds. The molecule has 2 aromatic carbocycles. The smallest absolute Gasteiger partial charge is 0.331 e. The number of anilines is 1. The van der Waals surface area contributed by atoms with E-state index in [2.05, 4.69) is 24.1 Å². The number of nitrogens with one attached hydrogen (secondary N) is 1. The highest BCUT2D eigenvalue weighted by Gasteiger charge is 2.21. The number of carboxylic acid groups (broad SMARTS) is 1. The van der Waals surface area contributed by atoms with Crippen molar-refractivity contribution in [2.75, 3.05) is 19.0 Å². The first kappa shape index (κ1) is 30.6. The molecule has 208 valence electrons. The lowest BCUT2D eigenvalue weighted by molar-refractivity contribution is -0.132. The molecule has 39 heavy (non-hydrogen) atoms. The molecule has 0 aliphatic rings. The number of rotatable bonds is 13. The molecule has 1 atom stereocenters. The molecule has 1 heterocycles. The number of aromatic nitrogens is 1. The number of methoxy groups -OCH3 is 1. The number of benzene rings is 2. The summed E-state index contributed by atoms with van der Waals surface area (Å²) in [5.74, 6) is -0.830. The van der Waals surface area contributed by atoms with E-state index >= 15 is 0 Å². The molecular weight excluding hydrogens is 559 g/mol. The second-order valence-corrected chi connectivity index (χ2v) is 10.6. The van der Waals surface area contributed by atoms with E-state index in [4.69, 9.17) is 37.8 Å². The molecule has 0 aliphatic carbocycles. The van der Waals surface area contributed by atoms with Gasteiger partial charge in [-0.1, -0.05) is 62.0 Å². The normalized spacial score (nSPS) is 12.3. The lowest BCUT2D eigenvalue weighted by atomic mass is 9.99. The van der Waals surface area contributed by atoms with Gasteiger partial charge in [0.05, 0.1) is 29.0 Å². The Morgan fingerprint density at radius 3 is 2.51 bits per heavy atom. The molecule has 1 unspecified atom stereocenters. The van der Waals surface area contributed by atoms with E-state index in [9.17, 15) is 9.59 Å². The Labute approximate surface area is 242 Å². The Morgan fingerprint density at radius 1 is 1.18 bits per heavy atom. The molecule has 2 N–H and O–H groups in total. The van der Waals surface area contributed by atoms with Gasteiger partial charge < -0.3 is 14.6 Å². The van der Waals surface area contributed by atoms with Gasteiger partial charge in [-0.05, 0) is 44.0 Å². The minimum atomic E-state index is -1.09. The third-order valence-electron chi connectivity index (χ3n) is 6.00. The van der Waals surface area contributed by atoms with Crippen LogP contribution in [0.3, 0.4) is 0 Å². The molecule has 1 aromatic heterocycles. The maximum absolute atomic E-state index is 13.0. The van der Waals surface area contributed by atoms with Crippen LogP contribution >= 0.6 is 34.5 Å². The summed E-state index contributed by atoms with van der Waals surface area (Å²) in [5, 5.41) is 14.5. The molecule has 0 saturated heterocycles. The molecule has 0 fully saturated rings. The third-order valence-corrected chi connectivity index (χ3v) is 7.39. The van der Waals surface area contributed by atoms with Gasteiger partial charge >= 0.3 is 5.97 Å². The van der Waals surface area contributed by atoms with E-state index in [0.717, 1.165) is 36.8 Å². The number of carboxylic acids is 1. The number of hydrogen-bond acceptors (Lipinski definition) is 6. The van der Waals surface area contributed by atoms with Crippen molar-refractivity contribution >= 4 is 57.6 Å². The Hall–Kier alpha value is -2.91. The fraction of sp³-hybridized carbons (Fsp3) is 0.345. The number of para-hydroxylation sites is 1. The number of unbranched alkanes of at least 4 members (excludes halogenated alkanes) is 1. The fourth-order valence-electron chi connectivity index (χ4n) is 3.95. The number of carbonyl (C=O) groups is 2. The molecule has 0 radical (unpaired) electrons. The Kier molecular flexibility index (Phi) is 11.4. The molecule has 10 heteroatoms. The van der Waals surface area contributed by atoms with Crippen molar-refractivity contribution in [1.82, 2.24) is 4.98 Å².